The minimum absolute atomic E-state index is 0.210. The topological polar surface area (TPSA) is 54.9 Å². The third-order valence-electron chi connectivity index (χ3n) is 3.10. The molecule has 1 fully saturated rings. The van der Waals surface area contributed by atoms with E-state index < -0.39 is 0 Å². The number of nitrogens with zero attached hydrogens (tertiary/aromatic N) is 1. The first-order valence-corrected chi connectivity index (χ1v) is 6.13. The average molecular weight is 273 g/mol. The molecule has 15 heavy (non-hydrogen) atoms. The molecule has 1 N–H and O–H groups in total. The standard InChI is InChI=1S/C10H13BrN2O2/c11-6-10(3-1-4-10)7-13-5-2-8(14)12-9(13)15/h2,5H,1,3-4,6-7H2,(H,12,14,15). The Kier molecular flexibility index (Phi) is 2.82. The highest BCUT2D eigenvalue weighted by atomic mass is 79.9. The molecule has 0 atom stereocenters. The molecule has 82 valence electrons. The summed E-state index contributed by atoms with van der Waals surface area (Å²) in [6.45, 7) is 0.688. The van der Waals surface area contributed by atoms with Gasteiger partial charge in [0, 0.05) is 24.1 Å². The third-order valence-corrected chi connectivity index (χ3v) is 4.29. The van der Waals surface area contributed by atoms with Crippen LogP contribution in [0.2, 0.25) is 0 Å². The van der Waals surface area contributed by atoms with E-state index in [1.54, 1.807) is 10.8 Å². The summed E-state index contributed by atoms with van der Waals surface area (Å²) >= 11 is 3.49. The summed E-state index contributed by atoms with van der Waals surface area (Å²) in [7, 11) is 0. The Morgan fingerprint density at radius 3 is 2.67 bits per heavy atom. The van der Waals surface area contributed by atoms with Crippen LogP contribution in [0.4, 0.5) is 0 Å². The van der Waals surface area contributed by atoms with Crippen LogP contribution >= 0.6 is 15.9 Å². The zero-order valence-corrected chi connectivity index (χ0v) is 9.92. The van der Waals surface area contributed by atoms with E-state index in [1.165, 1.54) is 12.5 Å². The number of halogens is 1. The van der Waals surface area contributed by atoms with Crippen LogP contribution in [0.5, 0.6) is 0 Å². The number of H-pyrrole nitrogens is 1. The summed E-state index contributed by atoms with van der Waals surface area (Å²) in [5.74, 6) is 0. The van der Waals surface area contributed by atoms with E-state index in [9.17, 15) is 9.59 Å². The number of nitrogens with one attached hydrogen (secondary N) is 1. The molecule has 1 aromatic heterocycles. The summed E-state index contributed by atoms with van der Waals surface area (Å²) in [6.07, 6.45) is 5.08. The van der Waals surface area contributed by atoms with Gasteiger partial charge in [-0.15, -0.1) is 0 Å². The molecule has 1 heterocycles. The van der Waals surface area contributed by atoms with Crippen LogP contribution in [0.1, 0.15) is 19.3 Å². The minimum Gasteiger partial charge on any atom is -0.300 e. The quantitative estimate of drug-likeness (QED) is 0.838. The molecule has 1 saturated carbocycles. The molecule has 0 bridgehead atoms. The molecule has 5 heteroatoms. The number of aromatic amines is 1. The molecule has 0 spiro atoms. The predicted molar refractivity (Wildman–Crippen MR) is 61.4 cm³/mol. The normalized spacial score (nSPS) is 18.5. The van der Waals surface area contributed by atoms with E-state index in [4.69, 9.17) is 0 Å². The van der Waals surface area contributed by atoms with Crippen molar-refractivity contribution in [3.63, 3.8) is 0 Å². The molecular formula is C10H13BrN2O2. The molecule has 0 amide bonds. The lowest BCUT2D eigenvalue weighted by Gasteiger charge is -2.40. The monoisotopic (exact) mass is 272 g/mol. The SMILES string of the molecule is O=c1ccn(CC2(CBr)CCC2)c(=O)[nH]1. The second-order valence-electron chi connectivity index (χ2n) is 4.23. The summed E-state index contributed by atoms with van der Waals surface area (Å²) in [6, 6.07) is 1.39. The van der Waals surface area contributed by atoms with Gasteiger partial charge in [-0.3, -0.25) is 9.78 Å². The van der Waals surface area contributed by atoms with Gasteiger partial charge in [-0.05, 0) is 18.3 Å². The van der Waals surface area contributed by atoms with E-state index in [0.29, 0.717) is 6.54 Å². The molecule has 0 saturated heterocycles. The molecule has 0 unspecified atom stereocenters. The molecule has 0 aromatic carbocycles. The fraction of sp³-hybridized carbons (Fsp3) is 0.600. The van der Waals surface area contributed by atoms with Crippen LogP contribution in [0.3, 0.4) is 0 Å². The molecule has 1 aliphatic carbocycles. The fourth-order valence-electron chi connectivity index (χ4n) is 1.94. The maximum Gasteiger partial charge on any atom is 0.328 e. The second-order valence-corrected chi connectivity index (χ2v) is 4.79. The van der Waals surface area contributed by atoms with Crippen LogP contribution in [0.25, 0.3) is 0 Å². The molecule has 2 rings (SSSR count). The number of alkyl halides is 1. The Morgan fingerprint density at radius 1 is 1.47 bits per heavy atom. The molecule has 0 radical (unpaired) electrons. The van der Waals surface area contributed by atoms with E-state index in [1.807, 2.05) is 0 Å². The van der Waals surface area contributed by atoms with Gasteiger partial charge in [0.05, 0.1) is 0 Å². The van der Waals surface area contributed by atoms with Gasteiger partial charge in [0.25, 0.3) is 5.56 Å². The Bertz CT molecular complexity index is 453. The van der Waals surface area contributed by atoms with Gasteiger partial charge in [-0.2, -0.15) is 0 Å². The lowest BCUT2D eigenvalue weighted by atomic mass is 9.70. The molecular weight excluding hydrogens is 260 g/mol. The summed E-state index contributed by atoms with van der Waals surface area (Å²) in [5, 5.41) is 0.908. The highest BCUT2D eigenvalue weighted by Crippen LogP contribution is 2.43. The molecule has 1 aromatic rings. The Hall–Kier alpha value is -0.840. The van der Waals surface area contributed by atoms with Crippen molar-refractivity contribution in [3.05, 3.63) is 33.1 Å². The van der Waals surface area contributed by atoms with Gasteiger partial charge in [-0.1, -0.05) is 22.4 Å². The maximum absolute atomic E-state index is 11.5. The van der Waals surface area contributed by atoms with Crippen molar-refractivity contribution in [2.45, 2.75) is 25.8 Å². The van der Waals surface area contributed by atoms with Crippen molar-refractivity contribution in [2.75, 3.05) is 5.33 Å². The Labute approximate surface area is 95.5 Å². The summed E-state index contributed by atoms with van der Waals surface area (Å²) < 4.78 is 1.59. The van der Waals surface area contributed by atoms with Gasteiger partial charge in [0.15, 0.2) is 0 Å². The first-order chi connectivity index (χ1) is 7.15. The van der Waals surface area contributed by atoms with Crippen LogP contribution in [-0.2, 0) is 6.54 Å². The lowest BCUT2D eigenvalue weighted by Crippen LogP contribution is -2.40. The van der Waals surface area contributed by atoms with E-state index in [2.05, 4.69) is 20.9 Å². The van der Waals surface area contributed by atoms with Crippen LogP contribution < -0.4 is 11.2 Å². The van der Waals surface area contributed by atoms with Gasteiger partial charge in [-0.25, -0.2) is 4.79 Å². The minimum atomic E-state index is -0.335. The number of hydrogen-bond acceptors (Lipinski definition) is 2. The van der Waals surface area contributed by atoms with Crippen LogP contribution in [0, 0.1) is 5.41 Å². The van der Waals surface area contributed by atoms with Crippen molar-refractivity contribution >= 4 is 15.9 Å². The Morgan fingerprint density at radius 2 is 2.20 bits per heavy atom. The van der Waals surface area contributed by atoms with Gasteiger partial charge in [0.1, 0.15) is 0 Å². The highest BCUT2D eigenvalue weighted by Gasteiger charge is 2.36. The fourth-order valence-corrected chi connectivity index (χ4v) is 2.68. The number of aromatic nitrogens is 2. The highest BCUT2D eigenvalue weighted by molar-refractivity contribution is 9.09. The van der Waals surface area contributed by atoms with Gasteiger partial charge >= 0.3 is 5.69 Å². The number of hydrogen-bond donors (Lipinski definition) is 1. The van der Waals surface area contributed by atoms with Crippen LogP contribution in [0.15, 0.2) is 21.9 Å². The van der Waals surface area contributed by atoms with Crippen molar-refractivity contribution in [3.8, 4) is 0 Å². The smallest absolute Gasteiger partial charge is 0.300 e. The molecule has 1 aliphatic rings. The lowest BCUT2D eigenvalue weighted by molar-refractivity contribution is 0.137. The Balaban J connectivity index is 2.24. The van der Waals surface area contributed by atoms with Crippen molar-refractivity contribution in [2.24, 2.45) is 5.41 Å². The first kappa shape index (κ1) is 10.7. The van der Waals surface area contributed by atoms with Crippen LogP contribution in [-0.4, -0.2) is 14.9 Å². The second kappa shape index (κ2) is 3.96. The first-order valence-electron chi connectivity index (χ1n) is 5.01. The molecule has 0 aliphatic heterocycles. The summed E-state index contributed by atoms with van der Waals surface area (Å²) in [5.41, 5.74) is -0.435. The van der Waals surface area contributed by atoms with E-state index in [-0.39, 0.29) is 16.7 Å². The third kappa shape index (κ3) is 2.07. The summed E-state index contributed by atoms with van der Waals surface area (Å²) in [4.78, 5) is 24.6. The molecule has 4 nitrogen and oxygen atoms in total. The number of rotatable bonds is 3. The maximum atomic E-state index is 11.5. The zero-order chi connectivity index (χ0) is 10.9. The largest absolute Gasteiger partial charge is 0.328 e. The predicted octanol–water partition coefficient (Wildman–Crippen LogP) is 1.10. The zero-order valence-electron chi connectivity index (χ0n) is 8.33. The van der Waals surface area contributed by atoms with Crippen molar-refractivity contribution in [1.82, 2.24) is 9.55 Å². The average Bonchev–Trinajstić information content (AvgIpc) is 2.14. The van der Waals surface area contributed by atoms with Gasteiger partial charge in [0.2, 0.25) is 0 Å². The van der Waals surface area contributed by atoms with Crippen molar-refractivity contribution < 1.29 is 0 Å². The van der Waals surface area contributed by atoms with E-state index in [0.717, 1.165) is 18.2 Å². The van der Waals surface area contributed by atoms with Crippen molar-refractivity contribution in [1.29, 1.82) is 0 Å². The van der Waals surface area contributed by atoms with Gasteiger partial charge < -0.3 is 4.57 Å². The van der Waals surface area contributed by atoms with E-state index >= 15 is 0 Å².